The van der Waals surface area contributed by atoms with E-state index in [0.29, 0.717) is 0 Å². The molecule has 2 N–H and O–H groups in total. The Bertz CT molecular complexity index is 7.51. The van der Waals surface area contributed by atoms with Crippen LogP contribution in [0.1, 0.15) is 0 Å². The molecule has 0 bridgehead atoms. The number of halogens is 4. The molecule has 0 aromatic heterocycles. The van der Waals surface area contributed by atoms with Crippen molar-refractivity contribution in [2.75, 3.05) is 0 Å². The molecule has 0 saturated carbocycles. The summed E-state index contributed by atoms with van der Waals surface area (Å²) < 4.78 is 0. The van der Waals surface area contributed by atoms with Crippen LogP contribution < -0.4 is 24.8 Å². The summed E-state index contributed by atoms with van der Waals surface area (Å²) in [6.45, 7) is 0. The summed E-state index contributed by atoms with van der Waals surface area (Å²) in [6, 6.07) is 0. The second-order valence-electron chi connectivity index (χ2n) is 0. The van der Waals surface area contributed by atoms with Crippen LogP contribution in [0.3, 0.4) is 0 Å². The van der Waals surface area contributed by atoms with Crippen molar-refractivity contribution < 1.29 is 30.3 Å². The minimum Gasteiger partial charge on any atom is -1.00 e. The molecule has 40 valence electrons. The van der Waals surface area contributed by atoms with E-state index in [9.17, 15) is 0 Å². The van der Waals surface area contributed by atoms with E-state index in [1.54, 1.807) is 0 Å². The minimum absolute atomic E-state index is 0. The van der Waals surface area contributed by atoms with Gasteiger partial charge in [-0.05, 0) is 0 Å². The molecule has 0 aliphatic heterocycles. The van der Waals surface area contributed by atoms with Gasteiger partial charge in [0.15, 0.2) is 0 Å². The van der Waals surface area contributed by atoms with Crippen molar-refractivity contribution in [1.29, 1.82) is 0 Å². The van der Waals surface area contributed by atoms with Crippen LogP contribution in [0, 0.1) is 0 Å². The molecule has 1 nitrogen and oxygen atoms in total. The Balaban J connectivity index is 0. The standard InChI is InChI=1S/4ClH.Mg.H2O/h4*1H;;1H2/q;;;;+2;/p-2. The predicted octanol–water partition coefficient (Wildman–Crippen LogP) is -6.35. The first-order valence-electron chi connectivity index (χ1n) is 0. The molecule has 6 heavy (non-hydrogen) atoms. The van der Waals surface area contributed by atoms with Crippen LogP contribution >= 0.6 is 24.8 Å². The van der Waals surface area contributed by atoms with E-state index in [1.807, 2.05) is 0 Å². The first kappa shape index (κ1) is 105. The fraction of sp³-hybridized carbons (Fsp3) is 0. The van der Waals surface area contributed by atoms with E-state index in [2.05, 4.69) is 0 Å². The molecule has 0 aromatic rings. The molecule has 0 saturated heterocycles. The Labute approximate surface area is 77.7 Å². The maximum absolute atomic E-state index is 0. The molecule has 0 rings (SSSR count). The van der Waals surface area contributed by atoms with Gasteiger partial charge in [-0.3, -0.25) is 0 Å². The molecule has 0 aromatic carbocycles. The average Bonchev–Trinajstić information content (AvgIpc) is 0. The quantitative estimate of drug-likeness (QED) is 0.337. The maximum atomic E-state index is 0. The zero-order valence-electron chi connectivity index (χ0n) is 2.78. The molecule has 0 heterocycles. The van der Waals surface area contributed by atoms with E-state index in [0.717, 1.165) is 0 Å². The zero-order chi connectivity index (χ0) is 0. The molecule has 0 aliphatic rings. The molecule has 0 unspecified atom stereocenters. The van der Waals surface area contributed by atoms with E-state index < -0.39 is 0 Å². The summed E-state index contributed by atoms with van der Waals surface area (Å²) in [6.07, 6.45) is 0. The van der Waals surface area contributed by atoms with Gasteiger partial charge in [0.05, 0.1) is 0 Å². The van der Waals surface area contributed by atoms with Crippen LogP contribution in [0.5, 0.6) is 0 Å². The topological polar surface area (TPSA) is 31.5 Å². The van der Waals surface area contributed by atoms with Crippen molar-refractivity contribution in [1.82, 2.24) is 0 Å². The average molecular weight is 186 g/mol. The molecule has 0 aliphatic carbocycles. The van der Waals surface area contributed by atoms with Gasteiger partial charge in [0.2, 0.25) is 0 Å². The summed E-state index contributed by atoms with van der Waals surface area (Å²) in [7, 11) is 0. The molecule has 0 atom stereocenters. The Kier molecular flexibility index (Phi) is 1170. The molecule has 0 spiro atoms. The first-order chi connectivity index (χ1) is 0. The van der Waals surface area contributed by atoms with Crippen molar-refractivity contribution in [3.8, 4) is 0 Å². The third-order valence-electron chi connectivity index (χ3n) is 0. The molecule has 6 heteroatoms. The van der Waals surface area contributed by atoms with E-state index in [1.165, 1.54) is 0 Å². The Morgan fingerprint density at radius 2 is 0.667 bits per heavy atom. The summed E-state index contributed by atoms with van der Waals surface area (Å²) in [5, 5.41) is 0. The van der Waals surface area contributed by atoms with Crippen molar-refractivity contribution in [2.24, 2.45) is 0 Å². The third-order valence-corrected chi connectivity index (χ3v) is 0. The van der Waals surface area contributed by atoms with Crippen LogP contribution in [0.2, 0.25) is 0 Å². The van der Waals surface area contributed by atoms with Gasteiger partial charge >= 0.3 is 23.1 Å². The second kappa shape index (κ2) is 67.1. The fourth-order valence-corrected chi connectivity index (χ4v) is 0. The van der Waals surface area contributed by atoms with Crippen LogP contribution in [0.4, 0.5) is 0 Å². The predicted molar refractivity (Wildman–Crippen MR) is 23.9 cm³/mol. The molecular formula is H4Cl4MgO. The van der Waals surface area contributed by atoms with Gasteiger partial charge in [-0.15, -0.1) is 24.8 Å². The van der Waals surface area contributed by atoms with Crippen molar-refractivity contribution in [3.05, 3.63) is 0 Å². The van der Waals surface area contributed by atoms with Gasteiger partial charge < -0.3 is 30.3 Å². The first-order valence-corrected chi connectivity index (χ1v) is 0. The minimum atomic E-state index is 0. The summed E-state index contributed by atoms with van der Waals surface area (Å²) >= 11 is 0. The number of hydrogen-bond donors (Lipinski definition) is 0. The summed E-state index contributed by atoms with van der Waals surface area (Å²) in [5.41, 5.74) is 0. The van der Waals surface area contributed by atoms with Gasteiger partial charge in [-0.2, -0.15) is 0 Å². The maximum Gasteiger partial charge on any atom is 2.00 e. The SMILES string of the molecule is Cl.Cl.O.[Cl-].[Cl-].[Mg+2]. The van der Waals surface area contributed by atoms with Crippen molar-refractivity contribution in [3.63, 3.8) is 0 Å². The third kappa shape index (κ3) is 39.5. The largest absolute Gasteiger partial charge is 2.00 e. The molecule has 0 fully saturated rings. The van der Waals surface area contributed by atoms with Crippen LogP contribution in [0.25, 0.3) is 0 Å². The Morgan fingerprint density at radius 1 is 0.667 bits per heavy atom. The van der Waals surface area contributed by atoms with Gasteiger partial charge in [0.1, 0.15) is 0 Å². The molecular weight excluding hydrogens is 182 g/mol. The van der Waals surface area contributed by atoms with Gasteiger partial charge in [-0.25, -0.2) is 0 Å². The second-order valence-corrected chi connectivity index (χ2v) is 0. The van der Waals surface area contributed by atoms with Crippen LogP contribution in [-0.4, -0.2) is 28.5 Å². The van der Waals surface area contributed by atoms with Gasteiger partial charge in [-0.1, -0.05) is 0 Å². The van der Waals surface area contributed by atoms with Gasteiger partial charge in [0, 0.05) is 0 Å². The monoisotopic (exact) mass is 184 g/mol. The summed E-state index contributed by atoms with van der Waals surface area (Å²) in [4.78, 5) is 0. The van der Waals surface area contributed by atoms with E-state index in [-0.39, 0.29) is 78.2 Å². The summed E-state index contributed by atoms with van der Waals surface area (Å²) in [5.74, 6) is 0. The smallest absolute Gasteiger partial charge is 1.00 e. The zero-order valence-corrected chi connectivity index (χ0v) is 7.34. The van der Waals surface area contributed by atoms with Gasteiger partial charge in [0.25, 0.3) is 0 Å². The van der Waals surface area contributed by atoms with E-state index in [4.69, 9.17) is 0 Å². The Morgan fingerprint density at radius 3 is 0.667 bits per heavy atom. The van der Waals surface area contributed by atoms with Crippen molar-refractivity contribution >= 4 is 47.9 Å². The van der Waals surface area contributed by atoms with Crippen LogP contribution in [0.15, 0.2) is 0 Å². The molecule has 0 radical (unpaired) electrons. The van der Waals surface area contributed by atoms with E-state index >= 15 is 0 Å². The fourth-order valence-electron chi connectivity index (χ4n) is 0. The molecule has 0 amide bonds. The van der Waals surface area contributed by atoms with Crippen molar-refractivity contribution in [2.45, 2.75) is 0 Å². The normalized spacial score (nSPS) is 0. The number of hydrogen-bond acceptors (Lipinski definition) is 0. The number of rotatable bonds is 0. The van der Waals surface area contributed by atoms with Crippen LogP contribution in [-0.2, 0) is 0 Å². The Hall–Kier alpha value is 1.89.